The molecule has 1 N–H and O–H groups in total. The predicted molar refractivity (Wildman–Crippen MR) is 98.8 cm³/mol. The van der Waals surface area contributed by atoms with E-state index in [-0.39, 0.29) is 18.9 Å². The van der Waals surface area contributed by atoms with Gasteiger partial charge in [0.2, 0.25) is 10.0 Å². The smallest absolute Gasteiger partial charge is 0.216 e. The second-order valence-electron chi connectivity index (χ2n) is 5.11. The van der Waals surface area contributed by atoms with Crippen LogP contribution < -0.4 is 9.46 Å². The zero-order valence-corrected chi connectivity index (χ0v) is 15.9. The van der Waals surface area contributed by atoms with E-state index in [0.29, 0.717) is 26.4 Å². The van der Waals surface area contributed by atoms with Crippen LogP contribution in [0.15, 0.2) is 36.4 Å². The summed E-state index contributed by atoms with van der Waals surface area (Å²) in [5, 5.41) is 1.23. The van der Waals surface area contributed by atoms with Crippen LogP contribution in [0.25, 0.3) is 0 Å². The fourth-order valence-electron chi connectivity index (χ4n) is 1.94. The Balaban J connectivity index is 1.88. The summed E-state index contributed by atoms with van der Waals surface area (Å²) >= 11 is 18.0. The van der Waals surface area contributed by atoms with Crippen LogP contribution >= 0.6 is 34.8 Å². The van der Waals surface area contributed by atoms with Crippen molar-refractivity contribution in [1.29, 1.82) is 0 Å². The molecule has 0 aromatic heterocycles. The molecule has 0 aliphatic heterocycles. The largest absolute Gasteiger partial charge is 0.492 e. The fourth-order valence-corrected chi connectivity index (χ4v) is 3.99. The standard InChI is InChI=1S/C16H16Cl3NO3S/c1-11-5-6-12(9-16(11)19)23-8-7-20-24(21,22)10-13-14(17)3-2-4-15(13)18/h2-6,9,20H,7-8,10H2,1H3. The van der Waals surface area contributed by atoms with Gasteiger partial charge < -0.3 is 4.74 Å². The molecule has 2 aromatic carbocycles. The van der Waals surface area contributed by atoms with Crippen LogP contribution in [-0.4, -0.2) is 21.6 Å². The zero-order valence-electron chi connectivity index (χ0n) is 12.9. The number of aryl methyl sites for hydroxylation is 1. The molecule has 24 heavy (non-hydrogen) atoms. The molecule has 130 valence electrons. The first-order valence-electron chi connectivity index (χ1n) is 7.08. The number of hydrogen-bond acceptors (Lipinski definition) is 3. The average molecular weight is 409 g/mol. The number of hydrogen-bond donors (Lipinski definition) is 1. The van der Waals surface area contributed by atoms with Gasteiger partial charge in [-0.15, -0.1) is 0 Å². The van der Waals surface area contributed by atoms with Crippen LogP contribution in [0.5, 0.6) is 5.75 Å². The average Bonchev–Trinajstić information content (AvgIpc) is 2.51. The topological polar surface area (TPSA) is 55.4 Å². The molecule has 8 heteroatoms. The van der Waals surface area contributed by atoms with E-state index in [4.69, 9.17) is 39.5 Å². The molecule has 0 atom stereocenters. The molecular weight excluding hydrogens is 393 g/mol. The summed E-state index contributed by atoms with van der Waals surface area (Å²) in [6.07, 6.45) is 0. The summed E-state index contributed by atoms with van der Waals surface area (Å²) in [5.41, 5.74) is 1.32. The van der Waals surface area contributed by atoms with Gasteiger partial charge in [0.25, 0.3) is 0 Å². The number of sulfonamides is 1. The summed E-state index contributed by atoms with van der Waals surface area (Å²) in [6, 6.07) is 10.2. The van der Waals surface area contributed by atoms with Crippen LogP contribution in [-0.2, 0) is 15.8 Å². The van der Waals surface area contributed by atoms with Crippen molar-refractivity contribution in [2.75, 3.05) is 13.2 Å². The van der Waals surface area contributed by atoms with E-state index < -0.39 is 10.0 Å². The molecular formula is C16H16Cl3NO3S. The highest BCUT2D eigenvalue weighted by Gasteiger charge is 2.16. The van der Waals surface area contributed by atoms with Crippen molar-refractivity contribution in [3.05, 3.63) is 62.6 Å². The van der Waals surface area contributed by atoms with Crippen LogP contribution in [0.2, 0.25) is 15.1 Å². The predicted octanol–water partition coefficient (Wildman–Crippen LogP) is 4.45. The van der Waals surface area contributed by atoms with Gasteiger partial charge in [-0.2, -0.15) is 0 Å². The van der Waals surface area contributed by atoms with E-state index in [1.165, 1.54) is 0 Å². The normalized spacial score (nSPS) is 11.5. The third-order valence-electron chi connectivity index (χ3n) is 3.23. The molecule has 0 unspecified atom stereocenters. The van der Waals surface area contributed by atoms with Crippen LogP contribution in [0, 0.1) is 6.92 Å². The summed E-state index contributed by atoms with van der Waals surface area (Å²) < 4.78 is 32.1. The van der Waals surface area contributed by atoms with Crippen molar-refractivity contribution in [1.82, 2.24) is 4.72 Å². The minimum Gasteiger partial charge on any atom is -0.492 e. The maximum absolute atomic E-state index is 12.1. The number of rotatable bonds is 7. The maximum Gasteiger partial charge on any atom is 0.216 e. The molecule has 2 rings (SSSR count). The van der Waals surface area contributed by atoms with Gasteiger partial charge in [-0.25, -0.2) is 13.1 Å². The first kappa shape index (κ1) is 19.3. The van der Waals surface area contributed by atoms with Crippen LogP contribution in [0.4, 0.5) is 0 Å². The highest BCUT2D eigenvalue weighted by atomic mass is 35.5. The highest BCUT2D eigenvalue weighted by Crippen LogP contribution is 2.26. The number of nitrogens with one attached hydrogen (secondary N) is 1. The van der Waals surface area contributed by atoms with Gasteiger partial charge in [-0.3, -0.25) is 0 Å². The van der Waals surface area contributed by atoms with Gasteiger partial charge in [-0.05, 0) is 36.8 Å². The second-order valence-corrected chi connectivity index (χ2v) is 8.14. The highest BCUT2D eigenvalue weighted by molar-refractivity contribution is 7.88. The number of ether oxygens (including phenoxy) is 1. The number of benzene rings is 2. The van der Waals surface area contributed by atoms with Crippen molar-refractivity contribution < 1.29 is 13.2 Å². The molecule has 2 aromatic rings. The summed E-state index contributed by atoms with van der Waals surface area (Å²) in [5.74, 6) is 0.293. The lowest BCUT2D eigenvalue weighted by Gasteiger charge is -2.11. The van der Waals surface area contributed by atoms with E-state index >= 15 is 0 Å². The molecule has 4 nitrogen and oxygen atoms in total. The van der Waals surface area contributed by atoms with Gasteiger partial charge in [0.15, 0.2) is 0 Å². The second kappa shape index (κ2) is 8.41. The van der Waals surface area contributed by atoms with Gasteiger partial charge in [0.1, 0.15) is 12.4 Å². The van der Waals surface area contributed by atoms with Crippen molar-refractivity contribution in [2.45, 2.75) is 12.7 Å². The molecule has 0 saturated heterocycles. The van der Waals surface area contributed by atoms with Crippen LogP contribution in [0.1, 0.15) is 11.1 Å². The summed E-state index contributed by atoms with van der Waals surface area (Å²) in [4.78, 5) is 0. The SMILES string of the molecule is Cc1ccc(OCCNS(=O)(=O)Cc2c(Cl)cccc2Cl)cc1Cl. The first-order chi connectivity index (χ1) is 11.3. The molecule has 0 aliphatic carbocycles. The molecule has 0 amide bonds. The van der Waals surface area contributed by atoms with Gasteiger partial charge in [-0.1, -0.05) is 46.9 Å². The Morgan fingerprint density at radius 3 is 2.33 bits per heavy atom. The zero-order chi connectivity index (χ0) is 17.7. The minimum atomic E-state index is -3.57. The summed E-state index contributed by atoms with van der Waals surface area (Å²) in [6.45, 7) is 2.19. The van der Waals surface area contributed by atoms with Crippen molar-refractivity contribution >= 4 is 44.8 Å². The Bertz CT molecular complexity index is 805. The molecule has 0 bridgehead atoms. The maximum atomic E-state index is 12.1. The Morgan fingerprint density at radius 2 is 1.71 bits per heavy atom. The number of halogens is 3. The van der Waals surface area contributed by atoms with Crippen molar-refractivity contribution in [2.24, 2.45) is 0 Å². The van der Waals surface area contributed by atoms with E-state index in [1.54, 1.807) is 30.3 Å². The molecule has 0 spiro atoms. The van der Waals surface area contributed by atoms with Crippen molar-refractivity contribution in [3.8, 4) is 5.75 Å². The molecule has 0 heterocycles. The lowest BCUT2D eigenvalue weighted by molar-refractivity contribution is 0.323. The first-order valence-corrected chi connectivity index (χ1v) is 9.86. The van der Waals surface area contributed by atoms with Gasteiger partial charge in [0.05, 0.1) is 5.75 Å². The molecule has 0 radical (unpaired) electrons. The van der Waals surface area contributed by atoms with Gasteiger partial charge in [0, 0.05) is 27.2 Å². The van der Waals surface area contributed by atoms with E-state index in [1.807, 2.05) is 13.0 Å². The molecule has 0 fully saturated rings. The lowest BCUT2D eigenvalue weighted by Crippen LogP contribution is -2.29. The fraction of sp³-hybridized carbons (Fsp3) is 0.250. The Labute approximate surface area is 156 Å². The molecule has 0 saturated carbocycles. The van der Waals surface area contributed by atoms with E-state index in [0.717, 1.165) is 5.56 Å². The van der Waals surface area contributed by atoms with Gasteiger partial charge >= 0.3 is 0 Å². The third kappa shape index (κ3) is 5.53. The monoisotopic (exact) mass is 407 g/mol. The third-order valence-corrected chi connectivity index (χ3v) is 5.66. The Morgan fingerprint density at radius 1 is 1.04 bits per heavy atom. The Kier molecular flexibility index (Phi) is 6.78. The minimum absolute atomic E-state index is 0.121. The van der Waals surface area contributed by atoms with E-state index in [2.05, 4.69) is 4.72 Å². The lowest BCUT2D eigenvalue weighted by atomic mass is 10.2. The quantitative estimate of drug-likeness (QED) is 0.688. The molecule has 0 aliphatic rings. The summed E-state index contributed by atoms with van der Waals surface area (Å²) in [7, 11) is -3.57. The van der Waals surface area contributed by atoms with E-state index in [9.17, 15) is 8.42 Å². The Hall–Kier alpha value is -0.980. The van der Waals surface area contributed by atoms with Crippen molar-refractivity contribution in [3.63, 3.8) is 0 Å². The van der Waals surface area contributed by atoms with Crippen LogP contribution in [0.3, 0.4) is 0 Å².